The third-order valence-electron chi connectivity index (χ3n) is 5.28. The monoisotopic (exact) mass is 446 g/mol. The highest BCUT2D eigenvalue weighted by molar-refractivity contribution is 6.04. The number of aromatic amines is 1. The normalized spacial score (nSPS) is 12.2. The lowest BCUT2D eigenvalue weighted by molar-refractivity contribution is -0.121. The van der Waals surface area contributed by atoms with Crippen LogP contribution in [0.4, 0.5) is 5.69 Å². The number of aromatic nitrogens is 4. The molecule has 0 bridgehead atoms. The molecule has 0 unspecified atom stereocenters. The molecule has 1 aliphatic rings. The molecule has 0 atom stereocenters. The van der Waals surface area contributed by atoms with Gasteiger partial charge < -0.3 is 25.1 Å². The molecule has 3 N–H and O–H groups in total. The minimum Gasteiger partial charge on any atom is -0.454 e. The molecule has 2 amide bonds. The fourth-order valence-electron chi connectivity index (χ4n) is 3.62. The first-order valence-corrected chi connectivity index (χ1v) is 10.5. The van der Waals surface area contributed by atoms with Crippen molar-refractivity contribution in [3.05, 3.63) is 65.7 Å². The zero-order valence-corrected chi connectivity index (χ0v) is 17.9. The molecule has 5 rings (SSSR count). The summed E-state index contributed by atoms with van der Waals surface area (Å²) < 4.78 is 12.0. The molecular weight excluding hydrogens is 424 g/mol. The van der Waals surface area contributed by atoms with E-state index in [4.69, 9.17) is 9.47 Å². The molecule has 0 spiro atoms. The number of benzene rings is 2. The minimum atomic E-state index is -0.307. The van der Waals surface area contributed by atoms with Gasteiger partial charge in [0.1, 0.15) is 12.4 Å². The van der Waals surface area contributed by atoms with Crippen LogP contribution in [0.2, 0.25) is 0 Å². The van der Waals surface area contributed by atoms with Crippen LogP contribution in [0, 0.1) is 6.92 Å². The molecule has 3 heterocycles. The summed E-state index contributed by atoms with van der Waals surface area (Å²) in [6, 6.07) is 11.0. The second-order valence-corrected chi connectivity index (χ2v) is 7.70. The van der Waals surface area contributed by atoms with E-state index in [0.717, 1.165) is 22.4 Å². The van der Waals surface area contributed by atoms with Gasteiger partial charge in [-0.05, 0) is 36.8 Å². The topological polar surface area (TPSA) is 123 Å². The Morgan fingerprint density at radius 1 is 1.18 bits per heavy atom. The molecule has 2 aromatic heterocycles. The molecule has 33 heavy (non-hydrogen) atoms. The van der Waals surface area contributed by atoms with Crippen LogP contribution in [0.25, 0.3) is 11.0 Å². The Hall–Kier alpha value is -4.34. The SMILES string of the molecule is Cc1cccc2[nH]c(CCNC(=O)Cn3cc(NC(=O)c4ccc5c(c4)OCO5)cn3)nc12. The summed E-state index contributed by atoms with van der Waals surface area (Å²) in [6.45, 7) is 2.66. The first-order valence-electron chi connectivity index (χ1n) is 10.5. The van der Waals surface area contributed by atoms with Crippen molar-refractivity contribution < 1.29 is 19.1 Å². The minimum absolute atomic E-state index is 0.0408. The number of rotatable bonds is 7. The van der Waals surface area contributed by atoms with Crippen LogP contribution >= 0.6 is 0 Å². The van der Waals surface area contributed by atoms with Gasteiger partial charge in [-0.25, -0.2) is 4.98 Å². The van der Waals surface area contributed by atoms with E-state index >= 15 is 0 Å². The number of hydrogen-bond acceptors (Lipinski definition) is 6. The van der Waals surface area contributed by atoms with Crippen LogP contribution in [-0.2, 0) is 17.8 Å². The van der Waals surface area contributed by atoms with Crippen LogP contribution in [0.15, 0.2) is 48.8 Å². The van der Waals surface area contributed by atoms with E-state index in [2.05, 4.69) is 25.7 Å². The number of amides is 2. The molecular formula is C23H22N6O4. The van der Waals surface area contributed by atoms with Gasteiger partial charge in [0, 0.05) is 24.7 Å². The van der Waals surface area contributed by atoms with Crippen molar-refractivity contribution in [2.45, 2.75) is 19.9 Å². The first-order chi connectivity index (χ1) is 16.0. The van der Waals surface area contributed by atoms with Crippen molar-refractivity contribution >= 4 is 28.5 Å². The number of ether oxygens (including phenoxy) is 2. The number of hydrogen-bond donors (Lipinski definition) is 3. The summed E-state index contributed by atoms with van der Waals surface area (Å²) in [5.74, 6) is 1.48. The molecule has 1 aliphatic heterocycles. The van der Waals surface area contributed by atoms with Gasteiger partial charge in [-0.15, -0.1) is 0 Å². The first kappa shape index (κ1) is 20.6. The van der Waals surface area contributed by atoms with E-state index in [-0.39, 0.29) is 25.2 Å². The summed E-state index contributed by atoms with van der Waals surface area (Å²) in [6.07, 6.45) is 3.69. The number of fused-ring (bicyclic) bond motifs is 2. The number of anilines is 1. The predicted molar refractivity (Wildman–Crippen MR) is 120 cm³/mol. The van der Waals surface area contributed by atoms with Crippen molar-refractivity contribution in [2.75, 3.05) is 18.7 Å². The summed E-state index contributed by atoms with van der Waals surface area (Å²) in [4.78, 5) is 32.6. The van der Waals surface area contributed by atoms with Gasteiger partial charge in [0.2, 0.25) is 12.7 Å². The Morgan fingerprint density at radius 2 is 2.06 bits per heavy atom. The number of imidazole rings is 1. The fourth-order valence-corrected chi connectivity index (χ4v) is 3.62. The number of carbonyl (C=O) groups is 2. The molecule has 2 aromatic carbocycles. The Morgan fingerprint density at radius 3 is 2.94 bits per heavy atom. The average molecular weight is 446 g/mol. The number of nitrogens with zero attached hydrogens (tertiary/aromatic N) is 3. The maximum atomic E-state index is 12.5. The summed E-state index contributed by atoms with van der Waals surface area (Å²) in [5.41, 5.74) is 3.97. The Kier molecular flexibility index (Phi) is 5.39. The lowest BCUT2D eigenvalue weighted by Gasteiger charge is -2.05. The van der Waals surface area contributed by atoms with Gasteiger partial charge in [-0.1, -0.05) is 12.1 Å². The quantitative estimate of drug-likeness (QED) is 0.401. The highest BCUT2D eigenvalue weighted by atomic mass is 16.7. The van der Waals surface area contributed by atoms with E-state index in [1.54, 1.807) is 24.4 Å². The van der Waals surface area contributed by atoms with Crippen LogP contribution in [0.5, 0.6) is 11.5 Å². The second kappa shape index (κ2) is 8.65. The van der Waals surface area contributed by atoms with Crippen molar-refractivity contribution in [3.63, 3.8) is 0 Å². The van der Waals surface area contributed by atoms with Gasteiger partial charge in [-0.3, -0.25) is 14.3 Å². The second-order valence-electron chi connectivity index (χ2n) is 7.70. The molecule has 0 saturated carbocycles. The third kappa shape index (κ3) is 4.49. The number of carbonyl (C=O) groups excluding carboxylic acids is 2. The Balaban J connectivity index is 1.11. The van der Waals surface area contributed by atoms with Gasteiger partial charge in [0.05, 0.1) is 22.9 Å². The van der Waals surface area contributed by atoms with E-state index in [1.165, 1.54) is 10.9 Å². The highest BCUT2D eigenvalue weighted by Crippen LogP contribution is 2.32. The summed E-state index contributed by atoms with van der Waals surface area (Å²) in [5, 5.41) is 9.77. The van der Waals surface area contributed by atoms with Crippen LogP contribution in [0.3, 0.4) is 0 Å². The van der Waals surface area contributed by atoms with Crippen molar-refractivity contribution in [1.29, 1.82) is 0 Å². The molecule has 0 aliphatic carbocycles. The fraction of sp³-hybridized carbons (Fsp3) is 0.217. The molecule has 0 radical (unpaired) electrons. The third-order valence-corrected chi connectivity index (χ3v) is 5.28. The molecule has 4 aromatic rings. The lowest BCUT2D eigenvalue weighted by Crippen LogP contribution is -2.29. The van der Waals surface area contributed by atoms with E-state index in [9.17, 15) is 9.59 Å². The zero-order chi connectivity index (χ0) is 22.8. The predicted octanol–water partition coefficient (Wildman–Crippen LogP) is 2.41. The van der Waals surface area contributed by atoms with Gasteiger partial charge in [-0.2, -0.15) is 5.10 Å². The number of H-pyrrole nitrogens is 1. The Labute approximate surface area is 188 Å². The maximum Gasteiger partial charge on any atom is 0.255 e. The molecule has 10 nitrogen and oxygen atoms in total. The van der Waals surface area contributed by atoms with E-state index in [1.807, 2.05) is 25.1 Å². The number of aryl methyl sites for hydroxylation is 1. The molecule has 0 fully saturated rings. The molecule has 10 heteroatoms. The average Bonchev–Trinajstić information content (AvgIpc) is 3.53. The van der Waals surface area contributed by atoms with Crippen LogP contribution < -0.4 is 20.1 Å². The van der Waals surface area contributed by atoms with Crippen LogP contribution in [0.1, 0.15) is 21.7 Å². The highest BCUT2D eigenvalue weighted by Gasteiger charge is 2.17. The maximum absolute atomic E-state index is 12.5. The summed E-state index contributed by atoms with van der Waals surface area (Å²) >= 11 is 0. The zero-order valence-electron chi connectivity index (χ0n) is 17.9. The molecule has 168 valence electrons. The summed E-state index contributed by atoms with van der Waals surface area (Å²) in [7, 11) is 0. The van der Waals surface area contributed by atoms with Gasteiger partial charge in [0.25, 0.3) is 5.91 Å². The number of para-hydroxylation sites is 1. The van der Waals surface area contributed by atoms with Crippen molar-refractivity contribution in [3.8, 4) is 11.5 Å². The van der Waals surface area contributed by atoms with Gasteiger partial charge in [0.15, 0.2) is 11.5 Å². The smallest absolute Gasteiger partial charge is 0.255 e. The van der Waals surface area contributed by atoms with E-state index in [0.29, 0.717) is 35.7 Å². The standard InChI is InChI=1S/C23H22N6O4/c1-14-3-2-4-17-22(14)28-20(27-17)7-8-24-21(30)12-29-11-16(10-25-29)26-23(31)15-5-6-18-19(9-15)33-13-32-18/h2-6,9-11H,7-8,12-13H2,1H3,(H,24,30)(H,26,31)(H,27,28). The number of nitrogens with one attached hydrogen (secondary N) is 3. The van der Waals surface area contributed by atoms with Crippen molar-refractivity contribution in [1.82, 2.24) is 25.1 Å². The lowest BCUT2D eigenvalue weighted by atomic mass is 10.2. The van der Waals surface area contributed by atoms with E-state index < -0.39 is 0 Å². The van der Waals surface area contributed by atoms with Crippen molar-refractivity contribution in [2.24, 2.45) is 0 Å². The van der Waals surface area contributed by atoms with Crippen LogP contribution in [-0.4, -0.2) is 44.9 Å². The van der Waals surface area contributed by atoms with Gasteiger partial charge >= 0.3 is 0 Å². The molecule has 0 saturated heterocycles. The largest absolute Gasteiger partial charge is 0.454 e. The Bertz CT molecular complexity index is 1340.